The van der Waals surface area contributed by atoms with Crippen molar-refractivity contribution < 1.29 is 9.84 Å². The molecule has 0 saturated heterocycles. The summed E-state index contributed by atoms with van der Waals surface area (Å²) in [4.78, 5) is 10.6. The van der Waals surface area contributed by atoms with Crippen LogP contribution in [-0.2, 0) is 12.3 Å². The van der Waals surface area contributed by atoms with Crippen LogP contribution in [0, 0.1) is 18.3 Å². The first-order valence-electron chi connectivity index (χ1n) is 8.21. The summed E-state index contributed by atoms with van der Waals surface area (Å²) < 4.78 is 5.18. The average Bonchev–Trinajstić information content (AvgIpc) is 2.63. The number of rotatable bonds is 4. The van der Waals surface area contributed by atoms with Crippen LogP contribution in [-0.4, -0.2) is 35.5 Å². The van der Waals surface area contributed by atoms with Crippen molar-refractivity contribution in [3.8, 4) is 11.8 Å². The number of nitrogens with zero attached hydrogens (tertiary/aromatic N) is 4. The number of anilines is 1. The number of hydrogen-bond acceptors (Lipinski definition) is 7. The third-order valence-electron chi connectivity index (χ3n) is 4.57. The summed E-state index contributed by atoms with van der Waals surface area (Å²) in [6.07, 6.45) is 1.58. The van der Waals surface area contributed by atoms with Gasteiger partial charge in [0.2, 0.25) is 0 Å². The minimum absolute atomic E-state index is 0.328. The van der Waals surface area contributed by atoms with Crippen LogP contribution in [0.5, 0.6) is 5.75 Å². The molecule has 0 saturated carbocycles. The van der Waals surface area contributed by atoms with E-state index in [2.05, 4.69) is 21.4 Å². The smallest absolute Gasteiger partial charge is 0.166 e. The third kappa shape index (κ3) is 2.85. The molecule has 0 bridgehead atoms. The summed E-state index contributed by atoms with van der Waals surface area (Å²) in [7, 11) is 3.33. The van der Waals surface area contributed by atoms with Crippen LogP contribution >= 0.6 is 0 Å². The van der Waals surface area contributed by atoms with E-state index in [9.17, 15) is 10.4 Å². The monoisotopic (exact) mass is 351 g/mol. The zero-order valence-corrected chi connectivity index (χ0v) is 15.2. The normalized spacial score (nSPS) is 18.2. The molecule has 1 atom stereocenters. The second-order valence-corrected chi connectivity index (χ2v) is 6.25. The van der Waals surface area contributed by atoms with E-state index in [0.717, 1.165) is 11.3 Å². The van der Waals surface area contributed by atoms with Crippen molar-refractivity contribution in [2.45, 2.75) is 26.1 Å². The van der Waals surface area contributed by atoms with Gasteiger partial charge in [-0.15, -0.1) is 0 Å². The highest BCUT2D eigenvalue weighted by atomic mass is 16.5. The summed E-state index contributed by atoms with van der Waals surface area (Å²) in [6.45, 7) is 3.95. The van der Waals surface area contributed by atoms with Crippen LogP contribution in [0.3, 0.4) is 0 Å². The van der Waals surface area contributed by atoms with E-state index in [1.165, 1.54) is 0 Å². The number of pyridine rings is 1. The average molecular weight is 351 g/mol. The van der Waals surface area contributed by atoms with Crippen molar-refractivity contribution in [3.05, 3.63) is 46.6 Å². The summed E-state index contributed by atoms with van der Waals surface area (Å²) >= 11 is 0. The van der Waals surface area contributed by atoms with E-state index in [-0.39, 0.29) is 0 Å². The number of nitriles is 1. The Hall–Kier alpha value is -3.11. The highest BCUT2D eigenvalue weighted by Gasteiger charge is 2.38. The summed E-state index contributed by atoms with van der Waals surface area (Å²) in [5.74, 6) is 1.23. The Balaban J connectivity index is 2.02. The van der Waals surface area contributed by atoms with Gasteiger partial charge in [-0.3, -0.25) is 0 Å². The number of hydrogen-bond donors (Lipinski definition) is 2. The minimum atomic E-state index is -1.34. The number of aryl methyl sites for hydroxylation is 1. The van der Waals surface area contributed by atoms with Gasteiger partial charge in [-0.05, 0) is 31.5 Å². The van der Waals surface area contributed by atoms with Gasteiger partial charge < -0.3 is 20.1 Å². The van der Waals surface area contributed by atoms with Crippen molar-refractivity contribution in [1.82, 2.24) is 9.88 Å². The number of aliphatic hydroxyl groups is 1. The first kappa shape index (κ1) is 17.7. The lowest BCUT2D eigenvalue weighted by molar-refractivity contribution is -0.0631. The quantitative estimate of drug-likeness (QED) is 0.879. The maximum atomic E-state index is 11.3. The van der Waals surface area contributed by atoms with Gasteiger partial charge in [0.15, 0.2) is 5.72 Å². The molecule has 3 rings (SSSR count). The maximum Gasteiger partial charge on any atom is 0.166 e. The molecular weight excluding hydrogens is 330 g/mol. The number of benzene rings is 1. The predicted octanol–water partition coefficient (Wildman–Crippen LogP) is 2.65. The SMILES string of the molecule is CNc1nc(C)c2c(c1C#N)N=CN(Cc1ccc(OC)cc1)C2(C)O. The molecule has 0 aliphatic carbocycles. The van der Waals surface area contributed by atoms with Gasteiger partial charge in [0.05, 0.1) is 24.7 Å². The Labute approximate surface area is 152 Å². The summed E-state index contributed by atoms with van der Waals surface area (Å²) in [5, 5.41) is 23.7. The van der Waals surface area contributed by atoms with E-state index in [0.29, 0.717) is 34.9 Å². The zero-order valence-electron chi connectivity index (χ0n) is 15.2. The molecule has 2 heterocycles. The van der Waals surface area contributed by atoms with Gasteiger partial charge in [0, 0.05) is 19.3 Å². The first-order valence-corrected chi connectivity index (χ1v) is 8.21. The van der Waals surface area contributed by atoms with E-state index in [4.69, 9.17) is 4.74 Å². The Morgan fingerprint density at radius 2 is 2.04 bits per heavy atom. The number of ether oxygens (including phenoxy) is 1. The van der Waals surface area contributed by atoms with Crippen LogP contribution in [0.1, 0.15) is 29.3 Å². The predicted molar refractivity (Wildman–Crippen MR) is 99.5 cm³/mol. The van der Waals surface area contributed by atoms with Crippen LogP contribution < -0.4 is 10.1 Å². The number of aromatic nitrogens is 1. The summed E-state index contributed by atoms with van der Waals surface area (Å²) in [5.41, 5.74) is 1.62. The number of fused-ring (bicyclic) bond motifs is 1. The van der Waals surface area contributed by atoms with E-state index < -0.39 is 5.72 Å². The third-order valence-corrected chi connectivity index (χ3v) is 4.57. The zero-order chi connectivity index (χ0) is 18.9. The molecule has 1 aromatic heterocycles. The van der Waals surface area contributed by atoms with Gasteiger partial charge in [0.1, 0.15) is 23.2 Å². The number of aliphatic imine (C=N–C) groups is 1. The van der Waals surface area contributed by atoms with Crippen molar-refractivity contribution in [2.75, 3.05) is 19.5 Å². The number of nitrogens with one attached hydrogen (secondary N) is 1. The molecule has 7 nitrogen and oxygen atoms in total. The maximum absolute atomic E-state index is 11.3. The lowest BCUT2D eigenvalue weighted by atomic mass is 9.95. The molecule has 2 N–H and O–H groups in total. The molecule has 0 fully saturated rings. The summed E-state index contributed by atoms with van der Waals surface area (Å²) in [6, 6.07) is 9.76. The molecule has 1 aliphatic heterocycles. The lowest BCUT2D eigenvalue weighted by Crippen LogP contribution is -2.45. The highest BCUT2D eigenvalue weighted by Crippen LogP contribution is 2.42. The Kier molecular flexibility index (Phi) is 4.53. The van der Waals surface area contributed by atoms with Crippen molar-refractivity contribution >= 4 is 17.8 Å². The Bertz CT molecular complexity index is 898. The second kappa shape index (κ2) is 6.65. The fourth-order valence-electron chi connectivity index (χ4n) is 3.18. The largest absolute Gasteiger partial charge is 0.497 e. The van der Waals surface area contributed by atoms with E-state index in [1.54, 1.807) is 32.3 Å². The van der Waals surface area contributed by atoms with E-state index >= 15 is 0 Å². The van der Waals surface area contributed by atoms with Crippen LogP contribution in [0.4, 0.5) is 11.5 Å². The fourth-order valence-corrected chi connectivity index (χ4v) is 3.18. The van der Waals surface area contributed by atoms with E-state index in [1.807, 2.05) is 31.2 Å². The van der Waals surface area contributed by atoms with Gasteiger partial charge in [-0.2, -0.15) is 5.26 Å². The number of methoxy groups -OCH3 is 1. The molecule has 2 aromatic rings. The molecule has 0 spiro atoms. The molecule has 0 amide bonds. The Morgan fingerprint density at radius 3 is 2.62 bits per heavy atom. The lowest BCUT2D eigenvalue weighted by Gasteiger charge is -2.40. The van der Waals surface area contributed by atoms with Crippen LogP contribution in [0.2, 0.25) is 0 Å². The second-order valence-electron chi connectivity index (χ2n) is 6.25. The van der Waals surface area contributed by atoms with Crippen molar-refractivity contribution in [3.63, 3.8) is 0 Å². The van der Waals surface area contributed by atoms with Gasteiger partial charge in [-0.25, -0.2) is 9.98 Å². The topological polar surface area (TPSA) is 93.8 Å². The standard InChI is InChI=1S/C19H21N5O2/c1-12-16-17(15(9-20)18(21-3)23-12)22-11-24(19(16,2)25)10-13-5-7-14(26-4)8-6-13/h5-8,11,25H,10H2,1-4H3,(H,21,23). The van der Waals surface area contributed by atoms with Gasteiger partial charge in [0.25, 0.3) is 0 Å². The first-order chi connectivity index (χ1) is 12.4. The molecule has 1 aromatic carbocycles. The Morgan fingerprint density at radius 1 is 1.35 bits per heavy atom. The van der Waals surface area contributed by atoms with Crippen molar-refractivity contribution in [2.24, 2.45) is 4.99 Å². The molecule has 1 aliphatic rings. The fraction of sp³-hybridized carbons (Fsp3) is 0.316. The molecular formula is C19H21N5O2. The molecule has 134 valence electrons. The molecule has 7 heteroatoms. The highest BCUT2D eigenvalue weighted by molar-refractivity contribution is 5.78. The minimum Gasteiger partial charge on any atom is -0.497 e. The molecule has 0 radical (unpaired) electrons. The molecule has 26 heavy (non-hydrogen) atoms. The van der Waals surface area contributed by atoms with Crippen LogP contribution in [0.25, 0.3) is 0 Å². The van der Waals surface area contributed by atoms with Crippen LogP contribution in [0.15, 0.2) is 29.3 Å². The van der Waals surface area contributed by atoms with Crippen molar-refractivity contribution in [1.29, 1.82) is 5.26 Å². The molecule has 1 unspecified atom stereocenters. The van der Waals surface area contributed by atoms with Gasteiger partial charge in [-0.1, -0.05) is 12.1 Å². The van der Waals surface area contributed by atoms with Gasteiger partial charge >= 0.3 is 0 Å².